The molecule has 1 unspecified atom stereocenters. The van der Waals surface area contributed by atoms with E-state index in [1.54, 1.807) is 6.07 Å². The van der Waals surface area contributed by atoms with Gasteiger partial charge in [0.2, 0.25) is 0 Å². The summed E-state index contributed by atoms with van der Waals surface area (Å²) in [7, 11) is 0. The predicted octanol–water partition coefficient (Wildman–Crippen LogP) is 1.95. The minimum atomic E-state index is -4.25. The molecule has 0 amide bonds. The molecule has 1 atom stereocenters. The zero-order valence-electron chi connectivity index (χ0n) is 9.00. The van der Waals surface area contributed by atoms with Crippen LogP contribution in [0.1, 0.15) is 18.0 Å². The summed E-state index contributed by atoms with van der Waals surface area (Å²) >= 11 is 0. The van der Waals surface area contributed by atoms with Gasteiger partial charge in [0.25, 0.3) is 0 Å². The third kappa shape index (κ3) is 3.55. The second-order valence-electron chi connectivity index (χ2n) is 3.86. The lowest BCUT2D eigenvalue weighted by Gasteiger charge is -2.11. The minimum Gasteiger partial charge on any atom is -0.381 e. The highest BCUT2D eigenvalue weighted by molar-refractivity contribution is 5.36. The van der Waals surface area contributed by atoms with E-state index in [4.69, 9.17) is 4.74 Å². The zero-order valence-corrected chi connectivity index (χ0v) is 9.00. The van der Waals surface area contributed by atoms with Crippen molar-refractivity contribution in [2.45, 2.75) is 18.5 Å². The minimum absolute atomic E-state index is 0.157. The van der Waals surface area contributed by atoms with Crippen LogP contribution in [0.4, 0.5) is 19.0 Å². The van der Waals surface area contributed by atoms with Gasteiger partial charge in [-0.05, 0) is 6.42 Å². The number of nitrogens with zero attached hydrogens (tertiary/aromatic N) is 2. The second kappa shape index (κ2) is 4.87. The van der Waals surface area contributed by atoms with E-state index in [1.807, 2.05) is 0 Å². The molecule has 0 aliphatic carbocycles. The van der Waals surface area contributed by atoms with Crippen LogP contribution in [-0.4, -0.2) is 35.9 Å². The lowest BCUT2D eigenvalue weighted by molar-refractivity contribution is -0.115. The molecule has 0 bridgehead atoms. The summed E-state index contributed by atoms with van der Waals surface area (Å²) in [4.78, 5) is 7.80. The molecule has 94 valence electrons. The Morgan fingerprint density at radius 1 is 1.41 bits per heavy atom. The summed E-state index contributed by atoms with van der Waals surface area (Å²) in [5.74, 6) is 0.351. The van der Waals surface area contributed by atoms with Crippen molar-refractivity contribution in [3.05, 3.63) is 18.1 Å². The molecule has 0 spiro atoms. The Hall–Kier alpha value is -1.37. The molecule has 7 heteroatoms. The monoisotopic (exact) mass is 247 g/mol. The van der Waals surface area contributed by atoms with Gasteiger partial charge in [-0.25, -0.2) is 9.97 Å². The van der Waals surface area contributed by atoms with Crippen molar-refractivity contribution in [2.24, 2.45) is 0 Å². The molecule has 4 nitrogen and oxygen atoms in total. The van der Waals surface area contributed by atoms with Gasteiger partial charge < -0.3 is 10.1 Å². The highest BCUT2D eigenvalue weighted by Crippen LogP contribution is 2.24. The van der Waals surface area contributed by atoms with Crippen LogP contribution in [0.3, 0.4) is 0 Å². The van der Waals surface area contributed by atoms with Gasteiger partial charge in [-0.1, -0.05) is 0 Å². The van der Waals surface area contributed by atoms with Crippen LogP contribution in [0.2, 0.25) is 0 Å². The lowest BCUT2D eigenvalue weighted by atomic mass is 10.1. The number of aromatic nitrogens is 2. The van der Waals surface area contributed by atoms with Gasteiger partial charge >= 0.3 is 6.18 Å². The number of anilines is 1. The molecule has 2 rings (SSSR count). The average Bonchev–Trinajstić information content (AvgIpc) is 2.79. The first-order chi connectivity index (χ1) is 8.04. The Bertz CT molecular complexity index is 377. The zero-order chi connectivity index (χ0) is 12.3. The molecule has 2 heterocycles. The fourth-order valence-electron chi connectivity index (χ4n) is 1.65. The van der Waals surface area contributed by atoms with E-state index in [9.17, 15) is 13.2 Å². The number of ether oxygens (including phenoxy) is 1. The number of hydrogen-bond donors (Lipinski definition) is 1. The first-order valence-electron chi connectivity index (χ1n) is 5.25. The lowest BCUT2D eigenvalue weighted by Crippen LogP contribution is -2.22. The SMILES string of the molecule is FC(F)(F)CNc1cc(C2CCOC2)ncn1. The number of rotatable bonds is 3. The quantitative estimate of drug-likeness (QED) is 0.886. The molecule has 1 aromatic rings. The van der Waals surface area contributed by atoms with Gasteiger partial charge in [0.15, 0.2) is 0 Å². The fraction of sp³-hybridized carbons (Fsp3) is 0.600. The normalized spacial score (nSPS) is 20.5. The largest absolute Gasteiger partial charge is 0.405 e. The summed E-state index contributed by atoms with van der Waals surface area (Å²) in [6.45, 7) is 0.139. The highest BCUT2D eigenvalue weighted by atomic mass is 19.4. The van der Waals surface area contributed by atoms with Crippen molar-refractivity contribution in [1.82, 2.24) is 9.97 Å². The number of halogens is 3. The predicted molar refractivity (Wildman–Crippen MR) is 54.8 cm³/mol. The van der Waals surface area contributed by atoms with Crippen LogP contribution in [0.25, 0.3) is 0 Å². The summed E-state index contributed by atoms with van der Waals surface area (Å²) in [6, 6.07) is 1.55. The van der Waals surface area contributed by atoms with Gasteiger partial charge in [0, 0.05) is 18.6 Å². The molecule has 0 saturated carbocycles. The molecule has 0 aromatic carbocycles. The standard InChI is InChI=1S/C10H12F3N3O/c11-10(12,13)5-14-9-3-8(15-6-16-9)7-1-2-17-4-7/h3,6-7H,1-2,4-5H2,(H,14,15,16). The third-order valence-electron chi connectivity index (χ3n) is 2.51. The van der Waals surface area contributed by atoms with E-state index in [2.05, 4.69) is 15.3 Å². The average molecular weight is 247 g/mol. The van der Waals surface area contributed by atoms with Crippen molar-refractivity contribution in [3.8, 4) is 0 Å². The molecule has 1 aliphatic rings. The molecule has 1 saturated heterocycles. The van der Waals surface area contributed by atoms with E-state index < -0.39 is 12.7 Å². The molecule has 17 heavy (non-hydrogen) atoms. The highest BCUT2D eigenvalue weighted by Gasteiger charge is 2.27. The van der Waals surface area contributed by atoms with Crippen molar-refractivity contribution in [1.29, 1.82) is 0 Å². The van der Waals surface area contributed by atoms with E-state index >= 15 is 0 Å². The van der Waals surface area contributed by atoms with Crippen molar-refractivity contribution >= 4 is 5.82 Å². The number of nitrogens with one attached hydrogen (secondary N) is 1. The van der Waals surface area contributed by atoms with E-state index in [0.29, 0.717) is 13.2 Å². The summed E-state index contributed by atoms with van der Waals surface area (Å²) in [6.07, 6.45) is -2.14. The van der Waals surface area contributed by atoms with Crippen LogP contribution in [0, 0.1) is 0 Å². The van der Waals surface area contributed by atoms with Crippen LogP contribution < -0.4 is 5.32 Å². The Balaban J connectivity index is 2.01. The smallest absolute Gasteiger partial charge is 0.381 e. The van der Waals surface area contributed by atoms with Gasteiger partial charge in [-0.3, -0.25) is 0 Å². The van der Waals surface area contributed by atoms with Gasteiger partial charge in [0.1, 0.15) is 18.7 Å². The molecular formula is C10H12F3N3O. The van der Waals surface area contributed by atoms with Crippen molar-refractivity contribution in [2.75, 3.05) is 25.1 Å². The Labute approximate surface area is 96.2 Å². The van der Waals surface area contributed by atoms with Crippen molar-refractivity contribution in [3.63, 3.8) is 0 Å². The maximum Gasteiger partial charge on any atom is 0.405 e. The molecule has 1 fully saturated rings. The summed E-state index contributed by atoms with van der Waals surface area (Å²) < 4.78 is 41.3. The van der Waals surface area contributed by atoms with Crippen LogP contribution in [-0.2, 0) is 4.74 Å². The first kappa shape index (κ1) is 12.1. The maximum absolute atomic E-state index is 12.0. The van der Waals surface area contributed by atoms with Gasteiger partial charge in [0.05, 0.1) is 12.3 Å². The summed E-state index contributed by atoms with van der Waals surface area (Å²) in [5.41, 5.74) is 0.724. The molecule has 1 aromatic heterocycles. The van der Waals surface area contributed by atoms with Crippen LogP contribution in [0.5, 0.6) is 0 Å². The van der Waals surface area contributed by atoms with Crippen LogP contribution >= 0.6 is 0 Å². The van der Waals surface area contributed by atoms with Gasteiger partial charge in [-0.15, -0.1) is 0 Å². The summed E-state index contributed by atoms with van der Waals surface area (Å²) in [5, 5.41) is 2.23. The van der Waals surface area contributed by atoms with Gasteiger partial charge in [-0.2, -0.15) is 13.2 Å². The fourth-order valence-corrected chi connectivity index (χ4v) is 1.65. The molecule has 0 radical (unpaired) electrons. The molecular weight excluding hydrogens is 235 g/mol. The number of hydrogen-bond acceptors (Lipinski definition) is 4. The maximum atomic E-state index is 12.0. The topological polar surface area (TPSA) is 47.0 Å². The Kier molecular flexibility index (Phi) is 3.46. The molecule has 1 N–H and O–H groups in total. The van der Waals surface area contributed by atoms with Crippen LogP contribution in [0.15, 0.2) is 12.4 Å². The third-order valence-corrected chi connectivity index (χ3v) is 2.51. The Morgan fingerprint density at radius 3 is 2.88 bits per heavy atom. The van der Waals surface area contributed by atoms with E-state index in [-0.39, 0.29) is 11.7 Å². The first-order valence-corrected chi connectivity index (χ1v) is 5.25. The van der Waals surface area contributed by atoms with E-state index in [0.717, 1.165) is 12.1 Å². The Morgan fingerprint density at radius 2 is 2.24 bits per heavy atom. The van der Waals surface area contributed by atoms with Crippen molar-refractivity contribution < 1.29 is 17.9 Å². The number of alkyl halides is 3. The second-order valence-corrected chi connectivity index (χ2v) is 3.86. The van der Waals surface area contributed by atoms with E-state index in [1.165, 1.54) is 6.33 Å². The molecule has 1 aliphatic heterocycles.